The SMILES string of the molecule is CC(C)C[C@@H](CNC(=O)N[C@H](CNC(=O)N[C@H](CNC(=O)N[C@@H](CCCCN)CNC(=O)N[C@@H](C)CNC(=O)N[C@H](CNC(=O)N[C@H](CNC(N)=O)Cc1ccc(O)cc1)C(C)C)Cc1ccccc1)C(C)C)NC(=O)NC[C@H](CCCCN)NC(=O)NC[C@@H](N)Cc1ccc(O)cc1.C[C@@H](CNC(=O)N[C@H](CNC(N)=O)Cc1ccc(O)cc1)NC(=O)NC[C@H](C)NC(=O)NC[C@@H](N)Cc1ccc(O)cc1. The average molecular weight is 1990 g/mol. The van der Waals surface area contributed by atoms with Crippen LogP contribution in [0.15, 0.2) is 127 Å². The third-order valence-electron chi connectivity index (χ3n) is 22.0. The van der Waals surface area contributed by atoms with E-state index in [0.29, 0.717) is 77.3 Å². The standard InChI is InChI=1S/C67H115N21O11.C28H43N9O6/c1-42(2)29-52(84-63(95)76-36-51(18-12-14-28-69)82-61(93)74-34-49(70)30-47-19-23-55(89)24-20-47)38-78-67(99)88-58(44(5)6)41-80-65(97)86-54(31-46-15-9-8-10-16-46)39-77-62(94)83-50(17-11-13-27-68)35-75-60(92)81-45(7)33-73-66(98)87-57(43(3)4)40-79-64(96)85-53(37-72-59(71)91)32-48-21-25-56(90)26-22-48;1-17(36-27(42)34-15-21(29)11-19-3-7-23(38)8-4-19)13-32-26(41)35-18(2)14-33-28(43)37-22(16-31-25(30)40)12-20-5-9-24(39)10-6-20/h8-10,15-16,19-26,42-45,49-54,57-58,89-90H,11-14,17-18,27-41,68-70H2,1-7H3,(H3,71,72,91)(H2,73,87,98)(H2,74,82,93)(H2,75,81,92)(H2,76,84,95)(H2,77,83,94)(H2,78,88,99)(H2,79,85,96)(H2,80,86,97);3-10,17-18,21-22,38-39H,11-16,29H2,1-2H3,(H3,30,31,40)(H2,32,35,41)(H2,33,37,43)(H2,34,36,42)/t45-,49-,50-,51-,52-,53-,54-,57+,58+;17-,18-,21-,22-/m00/s1. The zero-order valence-electron chi connectivity index (χ0n) is 83.0. The lowest BCUT2D eigenvalue weighted by atomic mass is 10.0. The first-order valence-corrected chi connectivity index (χ1v) is 48.2. The molecule has 40 N–H and O–H groups in total. The Balaban J connectivity index is 0.000000810. The summed E-state index contributed by atoms with van der Waals surface area (Å²) in [6, 6.07) is 22.6. The van der Waals surface area contributed by atoms with E-state index in [1.54, 1.807) is 93.6 Å². The predicted octanol–water partition coefficient (Wildman–Crippen LogP) is 2.02. The summed E-state index contributed by atoms with van der Waals surface area (Å²) in [4.78, 5) is 166. The molecule has 0 radical (unpaired) electrons. The molecule has 0 bridgehead atoms. The number of benzene rings is 5. The van der Waals surface area contributed by atoms with Crippen molar-refractivity contribution < 1.29 is 82.8 Å². The van der Waals surface area contributed by atoms with Crippen molar-refractivity contribution in [3.8, 4) is 23.0 Å². The highest BCUT2D eigenvalue weighted by Gasteiger charge is 2.27. The smallest absolute Gasteiger partial charge is 0.315 e. The molecule has 5 aromatic rings. The second-order valence-electron chi connectivity index (χ2n) is 36.4. The highest BCUT2D eigenvalue weighted by atomic mass is 16.3. The van der Waals surface area contributed by atoms with Crippen molar-refractivity contribution in [3.63, 3.8) is 0 Å². The van der Waals surface area contributed by atoms with Crippen molar-refractivity contribution in [2.24, 2.45) is 52.2 Å². The maximum Gasteiger partial charge on any atom is 0.315 e. The van der Waals surface area contributed by atoms with E-state index in [2.05, 4.69) is 128 Å². The van der Waals surface area contributed by atoms with E-state index in [9.17, 15) is 82.8 Å². The van der Waals surface area contributed by atoms with Gasteiger partial charge in [0.1, 0.15) is 23.0 Å². The maximum atomic E-state index is 13.6. The molecular formula is C95H158N30O17. The Bertz CT molecular complexity index is 4560. The third-order valence-corrected chi connectivity index (χ3v) is 22.0. The number of carbonyl (C=O) groups is 13. The number of amides is 26. The van der Waals surface area contributed by atoms with E-state index in [-0.39, 0.29) is 144 Å². The number of carbonyl (C=O) groups excluding carboxylic acids is 13. The monoisotopic (exact) mass is 1990 g/mol. The van der Waals surface area contributed by atoms with Gasteiger partial charge in [0.15, 0.2) is 0 Å². The first-order valence-electron chi connectivity index (χ1n) is 48.2. The Kier molecular flexibility index (Phi) is 57.3. The normalized spacial score (nSPS) is 13.7. The van der Waals surface area contributed by atoms with Crippen molar-refractivity contribution >= 4 is 78.4 Å². The lowest BCUT2D eigenvalue weighted by molar-refractivity contribution is 0.221. The van der Waals surface area contributed by atoms with Crippen LogP contribution < -0.4 is 162 Å². The molecule has 0 unspecified atom stereocenters. The molecule has 0 aliphatic heterocycles. The van der Waals surface area contributed by atoms with Gasteiger partial charge in [-0.25, -0.2) is 62.3 Å². The molecule has 0 saturated carbocycles. The summed E-state index contributed by atoms with van der Waals surface area (Å²) < 4.78 is 0. The molecule has 26 amide bonds. The number of nitrogens with two attached hydrogens (primary N) is 6. The molecule has 0 saturated heterocycles. The fraction of sp³-hybridized carbons (Fsp3) is 0.547. The highest BCUT2D eigenvalue weighted by molar-refractivity contribution is 5.81. The molecule has 0 aromatic heterocycles. The minimum absolute atomic E-state index is 0.0158. The fourth-order valence-electron chi connectivity index (χ4n) is 14.2. The van der Waals surface area contributed by atoms with E-state index in [4.69, 9.17) is 34.4 Å². The van der Waals surface area contributed by atoms with Crippen molar-refractivity contribution in [2.45, 2.75) is 218 Å². The molecule has 0 heterocycles. The molecule has 0 fully saturated rings. The van der Waals surface area contributed by atoms with Crippen LogP contribution in [0.4, 0.5) is 62.3 Å². The summed E-state index contributed by atoms with van der Waals surface area (Å²) in [6.07, 6.45) is 6.42. The summed E-state index contributed by atoms with van der Waals surface area (Å²) in [5.41, 5.74) is 38.7. The minimum Gasteiger partial charge on any atom is -0.508 e. The maximum absolute atomic E-state index is 13.6. The zero-order valence-corrected chi connectivity index (χ0v) is 83.0. The summed E-state index contributed by atoms with van der Waals surface area (Å²) in [6.45, 7) is 18.9. The molecule has 47 nitrogen and oxygen atoms in total. The number of phenols is 4. The van der Waals surface area contributed by atoms with Crippen LogP contribution in [0.1, 0.15) is 135 Å². The molecule has 0 spiro atoms. The lowest BCUT2D eigenvalue weighted by Gasteiger charge is -2.26. The second kappa shape index (κ2) is 67.9. The number of hydrogen-bond acceptors (Lipinski definition) is 21. The van der Waals surface area contributed by atoms with E-state index in [1.165, 1.54) is 24.3 Å². The summed E-state index contributed by atoms with van der Waals surface area (Å²) >= 11 is 0. The molecule has 142 heavy (non-hydrogen) atoms. The van der Waals surface area contributed by atoms with E-state index in [0.717, 1.165) is 40.7 Å². The highest BCUT2D eigenvalue weighted by Crippen LogP contribution is 2.17. The van der Waals surface area contributed by atoms with E-state index in [1.807, 2.05) is 71.9 Å². The quantitative estimate of drug-likeness (QED) is 0.0248. The van der Waals surface area contributed by atoms with Crippen LogP contribution in [0.3, 0.4) is 0 Å². The van der Waals surface area contributed by atoms with Gasteiger partial charge < -0.3 is 182 Å². The van der Waals surface area contributed by atoms with Crippen molar-refractivity contribution in [3.05, 3.63) is 155 Å². The van der Waals surface area contributed by atoms with Gasteiger partial charge in [-0.3, -0.25) is 0 Å². The summed E-state index contributed by atoms with van der Waals surface area (Å²) in [5.74, 6) is 0.445. The van der Waals surface area contributed by atoms with Crippen molar-refractivity contribution in [1.29, 1.82) is 0 Å². The number of urea groups is 13. The Labute approximate surface area is 831 Å². The van der Waals surface area contributed by atoms with Crippen LogP contribution in [-0.2, 0) is 32.1 Å². The first kappa shape index (κ1) is 120. The fourth-order valence-corrected chi connectivity index (χ4v) is 14.2. The van der Waals surface area contributed by atoms with Crippen LogP contribution in [0.5, 0.6) is 23.0 Å². The minimum atomic E-state index is -0.755. The number of rotatable bonds is 59. The Morgan fingerprint density at radius 3 is 0.775 bits per heavy atom. The number of phenolic OH excluding ortho intramolecular Hbond substituents is 4. The number of primary amides is 2. The molecule has 47 heteroatoms. The second-order valence-corrected chi connectivity index (χ2v) is 36.4. The van der Waals surface area contributed by atoms with Gasteiger partial charge in [-0.2, -0.15) is 0 Å². The third kappa shape index (κ3) is 57.3. The van der Waals surface area contributed by atoms with Crippen LogP contribution >= 0.6 is 0 Å². The molecular weight excluding hydrogens is 1830 g/mol. The number of unbranched alkanes of at least 4 members (excludes halogenated alkanes) is 2. The molecule has 0 aliphatic carbocycles. The zero-order chi connectivity index (χ0) is 105. The summed E-state index contributed by atoms with van der Waals surface area (Å²) in [7, 11) is 0. The molecule has 5 rings (SSSR count). The van der Waals surface area contributed by atoms with Crippen LogP contribution in [0.2, 0.25) is 0 Å². The van der Waals surface area contributed by atoms with Crippen LogP contribution in [-0.4, -0.2) is 276 Å². The van der Waals surface area contributed by atoms with Gasteiger partial charge in [0.25, 0.3) is 0 Å². The predicted molar refractivity (Wildman–Crippen MR) is 544 cm³/mol. The van der Waals surface area contributed by atoms with Gasteiger partial charge >= 0.3 is 78.4 Å². The number of hydrogen-bond donors (Lipinski definition) is 34. The molecule has 0 aliphatic rings. The Morgan fingerprint density at radius 1 is 0.254 bits per heavy atom. The molecule has 13 atom stereocenters. The van der Waals surface area contributed by atoms with Gasteiger partial charge in [-0.05, 0) is 192 Å². The molecule has 790 valence electrons. The van der Waals surface area contributed by atoms with Gasteiger partial charge in [0.05, 0.1) is 30.2 Å². The Morgan fingerprint density at radius 2 is 0.486 bits per heavy atom. The Hall–Kier alpha value is -14.4. The average Bonchev–Trinajstić information content (AvgIpc) is 0.913. The van der Waals surface area contributed by atoms with Gasteiger partial charge in [-0.15, -0.1) is 0 Å². The van der Waals surface area contributed by atoms with Gasteiger partial charge in [0.2, 0.25) is 0 Å². The van der Waals surface area contributed by atoms with Crippen molar-refractivity contribution in [2.75, 3.05) is 98.2 Å². The number of nitrogens with one attached hydrogen (secondary N) is 24. The number of aromatic hydroxyl groups is 4. The topological polar surface area (TPSA) is 748 Å². The first-order chi connectivity index (χ1) is 67.6. The van der Waals surface area contributed by atoms with Crippen LogP contribution in [0, 0.1) is 17.8 Å². The van der Waals surface area contributed by atoms with E-state index < -0.39 is 139 Å². The van der Waals surface area contributed by atoms with E-state index >= 15 is 0 Å². The largest absolute Gasteiger partial charge is 0.508 e. The van der Waals surface area contributed by atoms with Crippen molar-refractivity contribution in [1.82, 2.24) is 128 Å². The van der Waals surface area contributed by atoms with Gasteiger partial charge in [0, 0.05) is 133 Å². The van der Waals surface area contributed by atoms with Crippen LogP contribution in [0.25, 0.3) is 0 Å². The summed E-state index contributed by atoms with van der Waals surface area (Å²) in [5, 5.41) is 105. The van der Waals surface area contributed by atoms with Gasteiger partial charge in [-0.1, -0.05) is 133 Å². The molecule has 5 aromatic carbocycles. The lowest BCUT2D eigenvalue weighted by Crippen LogP contribution is -2.56.